The molecular weight excluding hydrogens is 216 g/mol. The van der Waals surface area contributed by atoms with Gasteiger partial charge in [-0.05, 0) is 26.2 Å². The first-order valence-corrected chi connectivity index (χ1v) is 6.81. The lowest BCUT2D eigenvalue weighted by molar-refractivity contribution is 0.102. The van der Waals surface area contributed by atoms with Crippen LogP contribution in [0.2, 0.25) is 0 Å². The minimum atomic E-state index is 0.202. The van der Waals surface area contributed by atoms with Gasteiger partial charge in [0, 0.05) is 38.3 Å². The Labute approximate surface area is 105 Å². The monoisotopic (exact) mass is 244 g/mol. The largest absolute Gasteiger partial charge is 0.395 e. The highest BCUT2D eigenvalue weighted by Crippen LogP contribution is 2.19. The Hall–Kier alpha value is -0.160. The highest BCUT2D eigenvalue weighted by atomic mass is 16.5. The van der Waals surface area contributed by atoms with Crippen molar-refractivity contribution in [3.8, 4) is 0 Å². The second-order valence-electron chi connectivity index (χ2n) is 5.07. The van der Waals surface area contributed by atoms with Crippen LogP contribution in [0.25, 0.3) is 0 Å². The quantitative estimate of drug-likeness (QED) is 0.598. The molecule has 0 heterocycles. The van der Waals surface area contributed by atoms with Crippen LogP contribution in [-0.2, 0) is 4.74 Å². The average molecular weight is 244 g/mol. The van der Waals surface area contributed by atoms with Gasteiger partial charge in [0.2, 0.25) is 0 Å². The Morgan fingerprint density at radius 2 is 2.18 bits per heavy atom. The maximum absolute atomic E-state index is 9.41. The number of nitrogens with zero attached hydrogens (tertiary/aromatic N) is 1. The molecule has 0 saturated heterocycles. The molecule has 17 heavy (non-hydrogen) atoms. The summed E-state index contributed by atoms with van der Waals surface area (Å²) in [6.45, 7) is 7.26. The Morgan fingerprint density at radius 3 is 2.65 bits per heavy atom. The first kappa shape index (κ1) is 14.9. The molecule has 102 valence electrons. The predicted octanol–water partition coefficient (Wildman–Crippen LogP) is 0.846. The van der Waals surface area contributed by atoms with Crippen molar-refractivity contribution >= 4 is 0 Å². The molecule has 0 aromatic heterocycles. The van der Waals surface area contributed by atoms with E-state index in [4.69, 9.17) is 4.74 Å². The molecule has 4 heteroatoms. The number of rotatable bonds is 10. The summed E-state index contributed by atoms with van der Waals surface area (Å²) < 4.78 is 5.15. The normalized spacial score (nSPS) is 19.6. The number of ether oxygens (including phenoxy) is 1. The van der Waals surface area contributed by atoms with Gasteiger partial charge in [0.25, 0.3) is 0 Å². The summed E-state index contributed by atoms with van der Waals surface area (Å²) in [7, 11) is 1.74. The van der Waals surface area contributed by atoms with Gasteiger partial charge in [-0.3, -0.25) is 4.90 Å². The van der Waals surface area contributed by atoms with Crippen LogP contribution in [0.5, 0.6) is 0 Å². The number of methoxy groups -OCH3 is 1. The molecule has 0 aromatic rings. The van der Waals surface area contributed by atoms with E-state index < -0.39 is 0 Å². The SMILES string of the molecule is CCC(C)N(CCOC)CC(CO)NC1CC1. The van der Waals surface area contributed by atoms with Gasteiger partial charge >= 0.3 is 0 Å². The Morgan fingerprint density at radius 1 is 1.47 bits per heavy atom. The molecule has 2 N–H and O–H groups in total. The summed E-state index contributed by atoms with van der Waals surface area (Å²) in [5.74, 6) is 0. The van der Waals surface area contributed by atoms with E-state index in [2.05, 4.69) is 24.1 Å². The van der Waals surface area contributed by atoms with Crippen LogP contribution >= 0.6 is 0 Å². The lowest BCUT2D eigenvalue weighted by Crippen LogP contribution is -2.48. The van der Waals surface area contributed by atoms with Crippen molar-refractivity contribution in [2.45, 2.75) is 51.2 Å². The van der Waals surface area contributed by atoms with Crippen LogP contribution in [-0.4, -0.2) is 61.5 Å². The Balaban J connectivity index is 2.37. The molecule has 0 radical (unpaired) electrons. The van der Waals surface area contributed by atoms with Gasteiger partial charge in [0.15, 0.2) is 0 Å². The third-order valence-corrected chi connectivity index (χ3v) is 3.52. The second-order valence-corrected chi connectivity index (χ2v) is 5.07. The van der Waals surface area contributed by atoms with Crippen molar-refractivity contribution in [3.63, 3.8) is 0 Å². The molecule has 0 bridgehead atoms. The van der Waals surface area contributed by atoms with Gasteiger partial charge in [-0.25, -0.2) is 0 Å². The zero-order chi connectivity index (χ0) is 12.7. The van der Waals surface area contributed by atoms with E-state index >= 15 is 0 Å². The first-order valence-electron chi connectivity index (χ1n) is 6.81. The summed E-state index contributed by atoms with van der Waals surface area (Å²) in [6.07, 6.45) is 3.65. The molecule has 1 rings (SSSR count). The molecule has 4 nitrogen and oxygen atoms in total. The highest BCUT2D eigenvalue weighted by molar-refractivity contribution is 4.86. The average Bonchev–Trinajstić information content (AvgIpc) is 3.15. The van der Waals surface area contributed by atoms with Crippen LogP contribution in [0, 0.1) is 0 Å². The molecule has 0 amide bonds. The summed E-state index contributed by atoms with van der Waals surface area (Å²) in [4.78, 5) is 2.40. The van der Waals surface area contributed by atoms with Gasteiger partial charge < -0.3 is 15.2 Å². The molecule has 2 atom stereocenters. The molecule has 0 spiro atoms. The fourth-order valence-electron chi connectivity index (χ4n) is 1.99. The van der Waals surface area contributed by atoms with Crippen molar-refractivity contribution in [2.24, 2.45) is 0 Å². The third kappa shape index (κ3) is 5.82. The third-order valence-electron chi connectivity index (χ3n) is 3.52. The van der Waals surface area contributed by atoms with Gasteiger partial charge in [-0.2, -0.15) is 0 Å². The summed E-state index contributed by atoms with van der Waals surface area (Å²) >= 11 is 0. The van der Waals surface area contributed by atoms with Gasteiger partial charge in [0.1, 0.15) is 0 Å². The molecule has 1 fully saturated rings. The molecule has 1 aliphatic rings. The van der Waals surface area contributed by atoms with E-state index in [1.54, 1.807) is 7.11 Å². The second kappa shape index (κ2) is 8.03. The van der Waals surface area contributed by atoms with Crippen molar-refractivity contribution in [3.05, 3.63) is 0 Å². The summed E-state index contributed by atoms with van der Waals surface area (Å²) in [5, 5.41) is 12.9. The minimum Gasteiger partial charge on any atom is -0.395 e. The molecular formula is C13H28N2O2. The Kier molecular flexibility index (Phi) is 7.04. The van der Waals surface area contributed by atoms with Crippen LogP contribution in [0.15, 0.2) is 0 Å². The van der Waals surface area contributed by atoms with E-state index in [0.29, 0.717) is 12.1 Å². The predicted molar refractivity (Wildman–Crippen MR) is 70.2 cm³/mol. The lowest BCUT2D eigenvalue weighted by Gasteiger charge is -2.31. The lowest BCUT2D eigenvalue weighted by atomic mass is 10.2. The fraction of sp³-hybridized carbons (Fsp3) is 1.00. The number of hydrogen-bond acceptors (Lipinski definition) is 4. The summed E-state index contributed by atoms with van der Waals surface area (Å²) in [5.41, 5.74) is 0. The van der Waals surface area contributed by atoms with Crippen LogP contribution in [0.1, 0.15) is 33.1 Å². The molecule has 0 aliphatic heterocycles. The van der Waals surface area contributed by atoms with Crippen LogP contribution in [0.4, 0.5) is 0 Å². The standard InChI is InChI=1S/C13H28N2O2/c1-4-11(2)15(7-8-17-3)9-13(10-16)14-12-5-6-12/h11-14,16H,4-10H2,1-3H3. The van der Waals surface area contributed by atoms with E-state index in [1.165, 1.54) is 12.8 Å². The van der Waals surface area contributed by atoms with Crippen LogP contribution in [0.3, 0.4) is 0 Å². The molecule has 2 unspecified atom stereocenters. The van der Waals surface area contributed by atoms with Gasteiger partial charge in [-0.15, -0.1) is 0 Å². The number of nitrogens with one attached hydrogen (secondary N) is 1. The maximum Gasteiger partial charge on any atom is 0.0597 e. The minimum absolute atomic E-state index is 0.202. The van der Waals surface area contributed by atoms with E-state index in [-0.39, 0.29) is 12.6 Å². The summed E-state index contributed by atoms with van der Waals surface area (Å²) in [6, 6.07) is 1.39. The van der Waals surface area contributed by atoms with Crippen molar-refractivity contribution in [1.82, 2.24) is 10.2 Å². The first-order chi connectivity index (χ1) is 8.21. The van der Waals surface area contributed by atoms with Crippen molar-refractivity contribution in [2.75, 3.05) is 33.4 Å². The highest BCUT2D eigenvalue weighted by Gasteiger charge is 2.26. The smallest absolute Gasteiger partial charge is 0.0597 e. The van der Waals surface area contributed by atoms with E-state index in [0.717, 1.165) is 26.1 Å². The Bertz CT molecular complexity index is 198. The number of hydrogen-bond donors (Lipinski definition) is 2. The van der Waals surface area contributed by atoms with Crippen molar-refractivity contribution < 1.29 is 9.84 Å². The molecule has 0 aromatic carbocycles. The van der Waals surface area contributed by atoms with E-state index in [9.17, 15) is 5.11 Å². The zero-order valence-electron chi connectivity index (χ0n) is 11.5. The van der Waals surface area contributed by atoms with E-state index in [1.807, 2.05) is 0 Å². The number of aliphatic hydroxyl groups excluding tert-OH is 1. The molecule has 1 aliphatic carbocycles. The maximum atomic E-state index is 9.41. The fourth-order valence-corrected chi connectivity index (χ4v) is 1.99. The zero-order valence-corrected chi connectivity index (χ0v) is 11.5. The van der Waals surface area contributed by atoms with Gasteiger partial charge in [0.05, 0.1) is 13.2 Å². The van der Waals surface area contributed by atoms with Crippen LogP contribution < -0.4 is 5.32 Å². The topological polar surface area (TPSA) is 44.7 Å². The number of aliphatic hydroxyl groups is 1. The molecule has 1 saturated carbocycles. The van der Waals surface area contributed by atoms with Crippen molar-refractivity contribution in [1.29, 1.82) is 0 Å². The van der Waals surface area contributed by atoms with Gasteiger partial charge in [-0.1, -0.05) is 6.92 Å².